The van der Waals surface area contributed by atoms with Gasteiger partial charge in [-0.05, 0) is 101 Å². The number of rotatable bonds is 6. The Hall–Kier alpha value is -7.40. The first-order valence-corrected chi connectivity index (χ1v) is 20.5. The van der Waals surface area contributed by atoms with E-state index in [9.17, 15) is 0 Å². The van der Waals surface area contributed by atoms with Gasteiger partial charge in [0.1, 0.15) is 11.2 Å². The van der Waals surface area contributed by atoms with E-state index < -0.39 is 0 Å². The zero-order valence-corrected chi connectivity index (χ0v) is 32.2. The second kappa shape index (κ2) is 13.1. The van der Waals surface area contributed by atoms with Gasteiger partial charge in [-0.25, -0.2) is 0 Å². The van der Waals surface area contributed by atoms with E-state index in [0.29, 0.717) is 0 Å². The van der Waals surface area contributed by atoms with Crippen LogP contribution in [0.1, 0.15) is 0 Å². The highest BCUT2D eigenvalue weighted by Gasteiger charge is 2.19. The Morgan fingerprint density at radius 2 is 0.983 bits per heavy atom. The van der Waals surface area contributed by atoms with Crippen molar-refractivity contribution in [1.82, 2.24) is 4.57 Å². The van der Waals surface area contributed by atoms with Gasteiger partial charge in [0.25, 0.3) is 0 Å². The largest absolute Gasteiger partial charge is 0.456 e. The number of furan rings is 1. The molecule has 3 nitrogen and oxygen atoms in total. The lowest BCUT2D eigenvalue weighted by atomic mass is 10.0. The number of benzene rings is 9. The molecule has 3 heterocycles. The van der Waals surface area contributed by atoms with Crippen molar-refractivity contribution in [2.24, 2.45) is 0 Å². The van der Waals surface area contributed by atoms with E-state index in [1.54, 1.807) is 0 Å². The lowest BCUT2D eigenvalue weighted by molar-refractivity contribution is 0.669. The van der Waals surface area contributed by atoms with Gasteiger partial charge in [-0.2, -0.15) is 0 Å². The number of thiophene rings is 1. The van der Waals surface area contributed by atoms with Crippen molar-refractivity contribution < 1.29 is 4.42 Å². The second-order valence-electron chi connectivity index (χ2n) is 14.9. The van der Waals surface area contributed by atoms with Gasteiger partial charge in [-0.3, -0.25) is 0 Å². The lowest BCUT2D eigenvalue weighted by Crippen LogP contribution is -2.10. The summed E-state index contributed by atoms with van der Waals surface area (Å²) >= 11 is 1.87. The summed E-state index contributed by atoms with van der Waals surface area (Å²) in [7, 11) is 0. The van der Waals surface area contributed by atoms with Crippen molar-refractivity contribution in [3.8, 4) is 27.9 Å². The van der Waals surface area contributed by atoms with E-state index >= 15 is 0 Å². The molecule has 12 rings (SSSR count). The minimum atomic E-state index is 0.901. The molecule has 0 saturated heterocycles. The molecule has 272 valence electrons. The normalized spacial score (nSPS) is 11.8. The molecule has 0 saturated carbocycles. The summed E-state index contributed by atoms with van der Waals surface area (Å²) < 4.78 is 11.3. The van der Waals surface area contributed by atoms with Gasteiger partial charge in [0.05, 0.1) is 11.0 Å². The van der Waals surface area contributed by atoms with Gasteiger partial charge >= 0.3 is 0 Å². The molecule has 12 aromatic rings. The SMILES string of the molecule is c1ccc(-n2c3ccccc3c3ccc(N(c4ccc(-c5ccc6c(c5)oc5ccccc56)cc4)c4ccc(-c5cccc6c5sc5ccccc56)cc4)cc32)cc1. The summed E-state index contributed by atoms with van der Waals surface area (Å²) in [5.74, 6) is 0. The number of hydrogen-bond acceptors (Lipinski definition) is 3. The third-order valence-electron chi connectivity index (χ3n) is 11.6. The van der Waals surface area contributed by atoms with Crippen LogP contribution in [0.5, 0.6) is 0 Å². The summed E-state index contributed by atoms with van der Waals surface area (Å²) in [6, 6.07) is 74.5. The van der Waals surface area contributed by atoms with Crippen LogP contribution in [0.15, 0.2) is 211 Å². The summed E-state index contributed by atoms with van der Waals surface area (Å²) in [6.07, 6.45) is 0. The molecular weight excluding hydrogens is 725 g/mol. The van der Waals surface area contributed by atoms with E-state index in [4.69, 9.17) is 4.42 Å². The average molecular weight is 759 g/mol. The minimum Gasteiger partial charge on any atom is -0.456 e. The van der Waals surface area contributed by atoms with Crippen LogP contribution < -0.4 is 4.90 Å². The van der Waals surface area contributed by atoms with E-state index in [0.717, 1.165) is 55.8 Å². The van der Waals surface area contributed by atoms with Crippen molar-refractivity contribution >= 4 is 92.3 Å². The fourth-order valence-electron chi connectivity index (χ4n) is 8.87. The zero-order chi connectivity index (χ0) is 38.2. The first-order chi connectivity index (χ1) is 28.7. The Morgan fingerprint density at radius 1 is 0.379 bits per heavy atom. The van der Waals surface area contributed by atoms with Crippen LogP contribution in [0.2, 0.25) is 0 Å². The average Bonchev–Trinajstić information content (AvgIpc) is 3.96. The third-order valence-corrected chi connectivity index (χ3v) is 12.8. The van der Waals surface area contributed by atoms with Crippen LogP contribution in [0.3, 0.4) is 0 Å². The van der Waals surface area contributed by atoms with Gasteiger partial charge in [0.15, 0.2) is 0 Å². The molecule has 0 spiro atoms. The van der Waals surface area contributed by atoms with Crippen LogP contribution in [0, 0.1) is 0 Å². The topological polar surface area (TPSA) is 21.3 Å². The first-order valence-electron chi connectivity index (χ1n) is 19.7. The predicted molar refractivity (Wildman–Crippen MR) is 247 cm³/mol. The molecule has 0 unspecified atom stereocenters. The number of nitrogens with zero attached hydrogens (tertiary/aromatic N) is 2. The Balaban J connectivity index is 1.00. The highest BCUT2D eigenvalue weighted by molar-refractivity contribution is 7.26. The number of fused-ring (bicyclic) bond motifs is 9. The molecule has 0 bridgehead atoms. The van der Waals surface area contributed by atoms with Crippen molar-refractivity contribution in [3.63, 3.8) is 0 Å². The molecule has 4 heteroatoms. The Morgan fingerprint density at radius 3 is 1.81 bits per heavy atom. The summed E-state index contributed by atoms with van der Waals surface area (Å²) in [6.45, 7) is 0. The molecular formula is C54H34N2OS. The highest BCUT2D eigenvalue weighted by Crippen LogP contribution is 2.43. The number of hydrogen-bond donors (Lipinski definition) is 0. The first kappa shape index (κ1) is 32.8. The number of para-hydroxylation sites is 3. The van der Waals surface area contributed by atoms with Gasteiger partial charge in [-0.1, -0.05) is 127 Å². The molecule has 58 heavy (non-hydrogen) atoms. The predicted octanol–water partition coefficient (Wildman–Crippen LogP) is 15.9. The van der Waals surface area contributed by atoms with E-state index in [1.165, 1.54) is 53.1 Å². The number of anilines is 3. The van der Waals surface area contributed by atoms with Gasteiger partial charge in [-0.15, -0.1) is 11.3 Å². The van der Waals surface area contributed by atoms with Crippen LogP contribution >= 0.6 is 11.3 Å². The number of aromatic nitrogens is 1. The molecule has 0 radical (unpaired) electrons. The molecule has 0 fully saturated rings. The molecule has 0 aliphatic carbocycles. The van der Waals surface area contributed by atoms with Crippen LogP contribution in [-0.2, 0) is 0 Å². The standard InChI is InChI=1S/C54H34N2OS/c1-2-11-38(12-3-1)56-49-18-7-4-13-43(49)44-32-30-41(34-50(44)56)55(39-26-21-35(22-27-39)37-25-31-46-45-14-5-8-19-51(45)57-52(46)33-37)40-28-23-36(24-29-40)42-16-10-17-48-47-15-6-9-20-53(47)58-54(42)48/h1-34H. The molecule has 3 aromatic heterocycles. The fraction of sp³-hybridized carbons (Fsp3) is 0. The monoisotopic (exact) mass is 758 g/mol. The van der Waals surface area contributed by atoms with E-state index in [1.807, 2.05) is 23.5 Å². The van der Waals surface area contributed by atoms with E-state index in [2.05, 4.69) is 204 Å². The van der Waals surface area contributed by atoms with Crippen molar-refractivity contribution in [1.29, 1.82) is 0 Å². The Kier molecular flexibility index (Phi) is 7.40. The zero-order valence-electron chi connectivity index (χ0n) is 31.3. The molecule has 0 aliphatic heterocycles. The van der Waals surface area contributed by atoms with Gasteiger partial charge in [0.2, 0.25) is 0 Å². The van der Waals surface area contributed by atoms with E-state index in [-0.39, 0.29) is 0 Å². The molecule has 0 amide bonds. The van der Waals surface area contributed by atoms with Crippen molar-refractivity contribution in [3.05, 3.63) is 206 Å². The summed E-state index contributed by atoms with van der Waals surface area (Å²) in [5, 5.41) is 7.38. The van der Waals surface area contributed by atoms with Crippen LogP contribution in [0.4, 0.5) is 17.1 Å². The second-order valence-corrected chi connectivity index (χ2v) is 16.0. The summed E-state index contributed by atoms with van der Waals surface area (Å²) in [4.78, 5) is 2.38. The Bertz CT molecular complexity index is 3500. The fourth-order valence-corrected chi connectivity index (χ4v) is 10.1. The Labute approximate surface area is 338 Å². The molecule has 0 N–H and O–H groups in total. The maximum Gasteiger partial charge on any atom is 0.136 e. The summed E-state index contributed by atoms with van der Waals surface area (Å²) in [5.41, 5.74) is 13.3. The quantitative estimate of drug-likeness (QED) is 0.168. The maximum absolute atomic E-state index is 6.26. The van der Waals surface area contributed by atoms with Crippen molar-refractivity contribution in [2.45, 2.75) is 0 Å². The third kappa shape index (κ3) is 5.19. The molecule has 9 aromatic carbocycles. The molecule has 0 atom stereocenters. The maximum atomic E-state index is 6.26. The smallest absolute Gasteiger partial charge is 0.136 e. The molecule has 0 aliphatic rings. The minimum absolute atomic E-state index is 0.901. The lowest BCUT2D eigenvalue weighted by Gasteiger charge is -2.26. The van der Waals surface area contributed by atoms with Gasteiger partial charge < -0.3 is 13.9 Å². The van der Waals surface area contributed by atoms with Crippen LogP contribution in [-0.4, -0.2) is 4.57 Å². The van der Waals surface area contributed by atoms with Crippen molar-refractivity contribution in [2.75, 3.05) is 4.90 Å². The van der Waals surface area contributed by atoms with Crippen LogP contribution in [0.25, 0.3) is 91.9 Å². The van der Waals surface area contributed by atoms with Gasteiger partial charge in [0, 0.05) is 64.5 Å². The highest BCUT2D eigenvalue weighted by atomic mass is 32.1.